The van der Waals surface area contributed by atoms with Crippen LogP contribution in [-0.2, 0) is 6.54 Å². The molecule has 1 heterocycles. The molecule has 0 atom stereocenters. The van der Waals surface area contributed by atoms with Gasteiger partial charge in [-0.2, -0.15) is 5.10 Å². The zero-order valence-electron chi connectivity index (χ0n) is 17.4. The number of hydrogen-bond acceptors (Lipinski definition) is 4. The lowest BCUT2D eigenvalue weighted by molar-refractivity contribution is 0.0952. The van der Waals surface area contributed by atoms with Crippen LogP contribution in [0.3, 0.4) is 0 Å². The monoisotopic (exact) mass is 413 g/mol. The number of rotatable bonds is 7. The summed E-state index contributed by atoms with van der Waals surface area (Å²) in [5, 5.41) is 5.25. The van der Waals surface area contributed by atoms with E-state index in [1.165, 1.54) is 12.7 Å². The Bertz CT molecular complexity index is 1230. The molecule has 0 bridgehead atoms. The van der Waals surface area contributed by atoms with Gasteiger partial charge >= 0.3 is 0 Å². The van der Waals surface area contributed by atoms with E-state index >= 15 is 0 Å². The van der Waals surface area contributed by atoms with Gasteiger partial charge in [-0.15, -0.1) is 0 Å². The molecule has 0 fully saturated rings. The van der Waals surface area contributed by atoms with E-state index < -0.39 is 0 Å². The van der Waals surface area contributed by atoms with Gasteiger partial charge in [0, 0.05) is 35.3 Å². The number of methoxy groups -OCH3 is 2. The Kier molecular flexibility index (Phi) is 5.98. The zero-order valence-corrected chi connectivity index (χ0v) is 17.4. The minimum Gasteiger partial charge on any atom is -0.497 e. The Balaban J connectivity index is 1.55. The lowest BCUT2D eigenvalue weighted by Crippen LogP contribution is -2.18. The van der Waals surface area contributed by atoms with Crippen LogP contribution in [0.1, 0.15) is 21.5 Å². The van der Waals surface area contributed by atoms with Crippen LogP contribution in [0, 0.1) is 0 Å². The molecule has 4 aromatic rings. The highest BCUT2D eigenvalue weighted by atomic mass is 16.5. The number of aromatic nitrogens is 1. The van der Waals surface area contributed by atoms with Crippen molar-refractivity contribution in [3.8, 4) is 11.5 Å². The number of fused-ring (bicyclic) bond motifs is 1. The molecule has 6 heteroatoms. The molecule has 156 valence electrons. The van der Waals surface area contributed by atoms with Gasteiger partial charge in [0.25, 0.3) is 5.91 Å². The first-order valence-electron chi connectivity index (χ1n) is 9.87. The number of hydrazone groups is 1. The van der Waals surface area contributed by atoms with E-state index in [9.17, 15) is 4.79 Å². The van der Waals surface area contributed by atoms with E-state index in [2.05, 4.69) is 33.3 Å². The van der Waals surface area contributed by atoms with Gasteiger partial charge in [0.1, 0.15) is 11.5 Å². The van der Waals surface area contributed by atoms with Crippen LogP contribution < -0.4 is 14.9 Å². The Hall–Kier alpha value is -4.06. The second-order valence-corrected chi connectivity index (χ2v) is 6.98. The van der Waals surface area contributed by atoms with Crippen LogP contribution in [0.2, 0.25) is 0 Å². The van der Waals surface area contributed by atoms with E-state index in [1.807, 2.05) is 42.6 Å². The maximum atomic E-state index is 12.6. The molecule has 0 aliphatic rings. The summed E-state index contributed by atoms with van der Waals surface area (Å²) in [6.45, 7) is 0.755. The molecule has 1 amide bonds. The van der Waals surface area contributed by atoms with Gasteiger partial charge < -0.3 is 14.0 Å². The second-order valence-electron chi connectivity index (χ2n) is 6.98. The van der Waals surface area contributed by atoms with E-state index in [1.54, 1.807) is 31.5 Å². The molecule has 31 heavy (non-hydrogen) atoms. The van der Waals surface area contributed by atoms with E-state index in [4.69, 9.17) is 9.47 Å². The Morgan fingerprint density at radius 2 is 1.77 bits per heavy atom. The molecule has 0 saturated carbocycles. The number of nitrogens with one attached hydrogen (secondary N) is 1. The average molecular weight is 413 g/mol. The molecule has 1 aromatic heterocycles. The van der Waals surface area contributed by atoms with Crippen molar-refractivity contribution in [3.05, 3.63) is 95.7 Å². The highest BCUT2D eigenvalue weighted by molar-refractivity contribution is 6.01. The molecule has 4 rings (SSSR count). The number of carbonyl (C=O) groups is 1. The molecular weight excluding hydrogens is 390 g/mol. The van der Waals surface area contributed by atoms with Crippen molar-refractivity contribution >= 4 is 23.0 Å². The molecule has 0 radical (unpaired) electrons. The number of nitrogens with zero attached hydrogens (tertiary/aromatic N) is 2. The van der Waals surface area contributed by atoms with Gasteiger partial charge in [0.2, 0.25) is 0 Å². The van der Waals surface area contributed by atoms with Crippen LogP contribution in [0.15, 0.2) is 84.1 Å². The normalized spacial score (nSPS) is 11.0. The number of carbonyl (C=O) groups excluding carboxylic acids is 1. The van der Waals surface area contributed by atoms with Gasteiger partial charge in [-0.3, -0.25) is 4.79 Å². The summed E-state index contributed by atoms with van der Waals surface area (Å²) in [6, 6.07) is 23.4. The second kappa shape index (κ2) is 9.17. The van der Waals surface area contributed by atoms with Crippen LogP contribution in [0.25, 0.3) is 10.9 Å². The zero-order chi connectivity index (χ0) is 21.6. The first-order valence-corrected chi connectivity index (χ1v) is 9.87. The van der Waals surface area contributed by atoms with Crippen molar-refractivity contribution in [2.75, 3.05) is 14.2 Å². The van der Waals surface area contributed by atoms with Crippen LogP contribution in [0.5, 0.6) is 11.5 Å². The topological polar surface area (TPSA) is 64.8 Å². The fraction of sp³-hybridized carbons (Fsp3) is 0.120. The summed E-state index contributed by atoms with van der Waals surface area (Å²) in [7, 11) is 3.07. The fourth-order valence-corrected chi connectivity index (χ4v) is 3.50. The minimum atomic E-state index is -0.358. The van der Waals surface area contributed by atoms with Gasteiger partial charge in [-0.25, -0.2) is 5.43 Å². The standard InChI is InChI=1S/C25H23N3O3/c1-30-20-12-13-22(24(14-20)31-2)25(29)27-26-15-19-17-28(16-18-8-4-3-5-9-18)23-11-7-6-10-21(19)23/h3-15,17H,16H2,1-2H3,(H,27,29)/b26-15-. The third-order valence-electron chi connectivity index (χ3n) is 5.04. The van der Waals surface area contributed by atoms with Crippen LogP contribution >= 0.6 is 0 Å². The summed E-state index contributed by atoms with van der Waals surface area (Å²) in [5.41, 5.74) is 6.21. The molecule has 0 saturated heterocycles. The van der Waals surface area contributed by atoms with Crippen molar-refractivity contribution in [1.29, 1.82) is 0 Å². The number of para-hydroxylation sites is 1. The van der Waals surface area contributed by atoms with Gasteiger partial charge in [-0.05, 0) is 23.8 Å². The third kappa shape index (κ3) is 4.43. The van der Waals surface area contributed by atoms with Crippen LogP contribution in [-0.4, -0.2) is 30.9 Å². The molecule has 1 N–H and O–H groups in total. The number of ether oxygens (including phenoxy) is 2. The fourth-order valence-electron chi connectivity index (χ4n) is 3.50. The lowest BCUT2D eigenvalue weighted by Gasteiger charge is -2.08. The maximum absolute atomic E-state index is 12.6. The summed E-state index contributed by atoms with van der Waals surface area (Å²) < 4.78 is 12.6. The highest BCUT2D eigenvalue weighted by Gasteiger charge is 2.13. The number of hydrogen-bond donors (Lipinski definition) is 1. The molecule has 0 aliphatic heterocycles. The summed E-state index contributed by atoms with van der Waals surface area (Å²) >= 11 is 0. The largest absolute Gasteiger partial charge is 0.497 e. The Labute approximate surface area is 180 Å². The van der Waals surface area contributed by atoms with E-state index in [0.717, 1.165) is 23.0 Å². The molecule has 0 aliphatic carbocycles. The van der Waals surface area contributed by atoms with E-state index in [-0.39, 0.29) is 5.91 Å². The minimum absolute atomic E-state index is 0.358. The van der Waals surface area contributed by atoms with Gasteiger partial charge in [-0.1, -0.05) is 48.5 Å². The van der Waals surface area contributed by atoms with Crippen LogP contribution in [0.4, 0.5) is 0 Å². The van der Waals surface area contributed by atoms with Gasteiger partial charge in [0.05, 0.1) is 26.0 Å². The SMILES string of the molecule is COc1ccc(C(=O)N/N=C\c2cn(Cc3ccccc3)c3ccccc23)c(OC)c1. The first kappa shape index (κ1) is 20.2. The van der Waals surface area contributed by atoms with Crippen molar-refractivity contribution in [1.82, 2.24) is 9.99 Å². The van der Waals surface area contributed by atoms with Crippen molar-refractivity contribution < 1.29 is 14.3 Å². The third-order valence-corrected chi connectivity index (χ3v) is 5.04. The Morgan fingerprint density at radius 1 is 1.00 bits per heavy atom. The highest BCUT2D eigenvalue weighted by Crippen LogP contribution is 2.24. The maximum Gasteiger partial charge on any atom is 0.275 e. The molecular formula is C25H23N3O3. The van der Waals surface area contributed by atoms with E-state index in [0.29, 0.717) is 17.1 Å². The average Bonchev–Trinajstić information content (AvgIpc) is 3.16. The summed E-state index contributed by atoms with van der Waals surface area (Å²) in [6.07, 6.45) is 3.71. The number of benzene rings is 3. The Morgan fingerprint density at radius 3 is 2.55 bits per heavy atom. The smallest absolute Gasteiger partial charge is 0.275 e. The van der Waals surface area contributed by atoms with Crippen molar-refractivity contribution in [3.63, 3.8) is 0 Å². The van der Waals surface area contributed by atoms with Crippen molar-refractivity contribution in [2.24, 2.45) is 5.10 Å². The first-order chi connectivity index (χ1) is 15.2. The van der Waals surface area contributed by atoms with Crippen molar-refractivity contribution in [2.45, 2.75) is 6.54 Å². The molecule has 0 spiro atoms. The predicted octanol–water partition coefficient (Wildman–Crippen LogP) is 4.47. The molecule has 0 unspecified atom stereocenters. The molecule has 3 aromatic carbocycles. The predicted molar refractivity (Wildman–Crippen MR) is 122 cm³/mol. The molecule has 6 nitrogen and oxygen atoms in total. The number of amides is 1. The summed E-state index contributed by atoms with van der Waals surface area (Å²) in [5.74, 6) is 0.679. The summed E-state index contributed by atoms with van der Waals surface area (Å²) in [4.78, 5) is 12.6. The lowest BCUT2D eigenvalue weighted by atomic mass is 10.2. The van der Waals surface area contributed by atoms with Gasteiger partial charge in [0.15, 0.2) is 0 Å². The quantitative estimate of drug-likeness (QED) is 0.359.